The number of carboxylic acids is 1. The highest BCUT2D eigenvalue weighted by molar-refractivity contribution is 7.91. The van der Waals surface area contributed by atoms with Crippen LogP contribution in [0.5, 0.6) is 0 Å². The minimum absolute atomic E-state index is 0.0517. The number of rotatable bonds is 5. The van der Waals surface area contributed by atoms with Gasteiger partial charge in [-0.25, -0.2) is 13.2 Å². The summed E-state index contributed by atoms with van der Waals surface area (Å²) in [5, 5.41) is 9.02. The first-order valence-electron chi connectivity index (χ1n) is 6.16. The van der Waals surface area contributed by atoms with E-state index in [2.05, 4.69) is 0 Å². The Kier molecular flexibility index (Phi) is 4.46. The fourth-order valence-electron chi connectivity index (χ4n) is 1.87. The van der Waals surface area contributed by atoms with Gasteiger partial charge < -0.3 is 5.11 Å². The van der Waals surface area contributed by atoms with Crippen molar-refractivity contribution >= 4 is 27.3 Å². The van der Waals surface area contributed by atoms with Gasteiger partial charge >= 0.3 is 5.97 Å². The molecule has 0 unspecified atom stereocenters. The molecule has 0 saturated heterocycles. The summed E-state index contributed by atoms with van der Waals surface area (Å²) in [6.07, 6.45) is 0. The van der Waals surface area contributed by atoms with Gasteiger partial charge in [0.05, 0.1) is 0 Å². The highest BCUT2D eigenvalue weighted by Crippen LogP contribution is 2.28. The standard InChI is InChI=1S/C14H15NO4S2/c1-10-8-12(20-13(10)14(16)17)21(18,19)15(2)9-11-6-4-3-5-7-11/h3-8H,9H2,1-2H3,(H,16,17). The second kappa shape index (κ2) is 5.97. The monoisotopic (exact) mass is 325 g/mol. The van der Waals surface area contributed by atoms with E-state index >= 15 is 0 Å². The van der Waals surface area contributed by atoms with Crippen LogP contribution in [0.25, 0.3) is 0 Å². The summed E-state index contributed by atoms with van der Waals surface area (Å²) >= 11 is 0.784. The lowest BCUT2D eigenvalue weighted by molar-refractivity contribution is 0.0701. The van der Waals surface area contributed by atoms with E-state index in [0.717, 1.165) is 16.9 Å². The van der Waals surface area contributed by atoms with Crippen LogP contribution in [0.3, 0.4) is 0 Å². The van der Waals surface area contributed by atoms with Crippen LogP contribution in [-0.2, 0) is 16.6 Å². The molecule has 0 spiro atoms. The molecule has 0 fully saturated rings. The minimum Gasteiger partial charge on any atom is -0.477 e. The molecule has 0 amide bonds. The van der Waals surface area contributed by atoms with Crippen molar-refractivity contribution in [1.82, 2.24) is 4.31 Å². The molecule has 1 heterocycles. The van der Waals surface area contributed by atoms with Gasteiger partial charge in [0.15, 0.2) is 0 Å². The van der Waals surface area contributed by atoms with Crippen LogP contribution in [0, 0.1) is 6.92 Å². The van der Waals surface area contributed by atoms with E-state index in [1.165, 1.54) is 17.4 Å². The first-order valence-corrected chi connectivity index (χ1v) is 8.42. The number of aromatic carboxylic acids is 1. The third-order valence-electron chi connectivity index (χ3n) is 3.00. The van der Waals surface area contributed by atoms with Crippen LogP contribution in [0.4, 0.5) is 0 Å². The topological polar surface area (TPSA) is 74.7 Å². The number of carboxylic acid groups (broad SMARTS) is 1. The highest BCUT2D eigenvalue weighted by atomic mass is 32.2. The Morgan fingerprint density at radius 1 is 1.29 bits per heavy atom. The summed E-state index contributed by atoms with van der Waals surface area (Å²) in [7, 11) is -2.20. The predicted octanol–water partition coefficient (Wildman–Crippen LogP) is 2.58. The van der Waals surface area contributed by atoms with Crippen LogP contribution >= 0.6 is 11.3 Å². The van der Waals surface area contributed by atoms with Gasteiger partial charge in [0.25, 0.3) is 10.0 Å². The number of thiophene rings is 1. The van der Waals surface area contributed by atoms with E-state index in [9.17, 15) is 13.2 Å². The van der Waals surface area contributed by atoms with Crippen LogP contribution in [0.2, 0.25) is 0 Å². The Morgan fingerprint density at radius 3 is 2.43 bits per heavy atom. The molecular formula is C14H15NO4S2. The van der Waals surface area contributed by atoms with Crippen molar-refractivity contribution in [3.8, 4) is 0 Å². The molecule has 1 aromatic heterocycles. The van der Waals surface area contributed by atoms with Crippen molar-refractivity contribution in [3.63, 3.8) is 0 Å². The lowest BCUT2D eigenvalue weighted by Gasteiger charge is -2.15. The third kappa shape index (κ3) is 3.31. The summed E-state index contributed by atoms with van der Waals surface area (Å²) < 4.78 is 26.2. The number of carbonyl (C=O) groups is 1. The highest BCUT2D eigenvalue weighted by Gasteiger charge is 2.25. The van der Waals surface area contributed by atoms with Crippen molar-refractivity contribution in [1.29, 1.82) is 0 Å². The molecule has 1 N–H and O–H groups in total. The molecule has 1 aromatic carbocycles. The van der Waals surface area contributed by atoms with Crippen molar-refractivity contribution in [2.45, 2.75) is 17.7 Å². The first kappa shape index (κ1) is 15.7. The minimum atomic E-state index is -3.68. The lowest BCUT2D eigenvalue weighted by Crippen LogP contribution is -2.25. The molecule has 0 saturated carbocycles. The predicted molar refractivity (Wildman–Crippen MR) is 81.1 cm³/mol. The molecule has 2 aromatic rings. The number of nitrogens with zero attached hydrogens (tertiary/aromatic N) is 1. The molecule has 7 heteroatoms. The van der Waals surface area contributed by atoms with E-state index in [0.29, 0.717) is 5.56 Å². The number of hydrogen-bond acceptors (Lipinski definition) is 4. The Balaban J connectivity index is 2.29. The molecule has 0 aliphatic carbocycles. The van der Waals surface area contributed by atoms with E-state index in [-0.39, 0.29) is 15.6 Å². The van der Waals surface area contributed by atoms with E-state index < -0.39 is 16.0 Å². The van der Waals surface area contributed by atoms with Gasteiger partial charge in [-0.2, -0.15) is 4.31 Å². The van der Waals surface area contributed by atoms with Crippen LogP contribution in [-0.4, -0.2) is 30.8 Å². The number of sulfonamides is 1. The molecule has 0 radical (unpaired) electrons. The summed E-state index contributed by atoms with van der Waals surface area (Å²) in [5.74, 6) is -1.11. The van der Waals surface area contributed by atoms with Gasteiger partial charge in [0.2, 0.25) is 0 Å². The maximum absolute atomic E-state index is 12.5. The maximum atomic E-state index is 12.5. The molecule has 0 bridgehead atoms. The Hall–Kier alpha value is -1.70. The van der Waals surface area contributed by atoms with Gasteiger partial charge in [-0.15, -0.1) is 11.3 Å². The molecule has 0 aliphatic rings. The molecule has 112 valence electrons. The number of hydrogen-bond donors (Lipinski definition) is 1. The summed E-state index contributed by atoms with van der Waals surface area (Å²) in [6, 6.07) is 10.6. The zero-order valence-electron chi connectivity index (χ0n) is 11.6. The van der Waals surface area contributed by atoms with E-state index in [1.54, 1.807) is 6.92 Å². The smallest absolute Gasteiger partial charge is 0.346 e. The lowest BCUT2D eigenvalue weighted by atomic mass is 10.2. The second-order valence-electron chi connectivity index (χ2n) is 4.63. The molecule has 5 nitrogen and oxygen atoms in total. The third-order valence-corrected chi connectivity index (χ3v) is 6.48. The normalized spacial score (nSPS) is 11.8. The number of aryl methyl sites for hydroxylation is 1. The number of benzene rings is 1. The van der Waals surface area contributed by atoms with E-state index in [4.69, 9.17) is 5.11 Å². The molecule has 2 rings (SSSR count). The maximum Gasteiger partial charge on any atom is 0.346 e. The second-order valence-corrected chi connectivity index (χ2v) is 7.95. The van der Waals surface area contributed by atoms with Crippen molar-refractivity contribution in [2.75, 3.05) is 7.05 Å². The van der Waals surface area contributed by atoms with Gasteiger partial charge in [-0.1, -0.05) is 30.3 Å². The largest absolute Gasteiger partial charge is 0.477 e. The van der Waals surface area contributed by atoms with Crippen LogP contribution in [0.15, 0.2) is 40.6 Å². The quantitative estimate of drug-likeness (QED) is 0.917. The SMILES string of the molecule is Cc1cc(S(=O)(=O)N(C)Cc2ccccc2)sc1C(=O)O. The summed E-state index contributed by atoms with van der Waals surface area (Å²) in [4.78, 5) is 11.1. The average Bonchev–Trinajstić information content (AvgIpc) is 2.82. The van der Waals surface area contributed by atoms with Gasteiger partial charge in [-0.05, 0) is 24.1 Å². The van der Waals surface area contributed by atoms with Crippen LogP contribution in [0.1, 0.15) is 20.8 Å². The summed E-state index contributed by atoms with van der Waals surface area (Å²) in [6.45, 7) is 1.83. The molecule has 0 atom stereocenters. The summed E-state index contributed by atoms with van der Waals surface area (Å²) in [5.41, 5.74) is 1.33. The molecular weight excluding hydrogens is 310 g/mol. The zero-order valence-corrected chi connectivity index (χ0v) is 13.2. The van der Waals surface area contributed by atoms with Crippen molar-refractivity contribution in [3.05, 3.63) is 52.4 Å². The fourth-order valence-corrected chi connectivity index (χ4v) is 4.62. The van der Waals surface area contributed by atoms with Gasteiger partial charge in [-0.3, -0.25) is 0 Å². The van der Waals surface area contributed by atoms with Gasteiger partial charge in [0.1, 0.15) is 9.09 Å². The Bertz CT molecular complexity index is 751. The Morgan fingerprint density at radius 2 is 1.90 bits per heavy atom. The van der Waals surface area contributed by atoms with Crippen molar-refractivity contribution in [2.24, 2.45) is 0 Å². The van der Waals surface area contributed by atoms with E-state index in [1.807, 2.05) is 30.3 Å². The zero-order chi connectivity index (χ0) is 15.6. The molecule has 0 aliphatic heterocycles. The van der Waals surface area contributed by atoms with Crippen molar-refractivity contribution < 1.29 is 18.3 Å². The fraction of sp³-hybridized carbons (Fsp3) is 0.214. The Labute approximate surface area is 127 Å². The molecule has 21 heavy (non-hydrogen) atoms. The van der Waals surface area contributed by atoms with Gasteiger partial charge in [0, 0.05) is 13.6 Å². The average molecular weight is 325 g/mol. The van der Waals surface area contributed by atoms with Crippen LogP contribution < -0.4 is 0 Å². The first-order chi connectivity index (χ1) is 9.82.